The fourth-order valence-corrected chi connectivity index (χ4v) is 3.30. The normalized spacial score (nSPS) is 14.6. The Morgan fingerprint density at radius 1 is 1.30 bits per heavy atom. The molecule has 1 aliphatic rings. The second kappa shape index (κ2) is 9.15. The first kappa shape index (κ1) is 18.1. The summed E-state index contributed by atoms with van der Waals surface area (Å²) in [5.74, 6) is 0.706. The van der Waals surface area contributed by atoms with Gasteiger partial charge < -0.3 is 14.5 Å². The number of amides is 2. The molecular formula is C16H21ClN2O3S. The lowest BCUT2D eigenvalue weighted by Crippen LogP contribution is -2.41. The van der Waals surface area contributed by atoms with E-state index >= 15 is 0 Å². The second-order valence-corrected chi connectivity index (χ2v) is 6.79. The number of morpholine rings is 1. The summed E-state index contributed by atoms with van der Waals surface area (Å²) >= 11 is 7.30. The van der Waals surface area contributed by atoms with Gasteiger partial charge in [0.05, 0.1) is 24.7 Å². The minimum atomic E-state index is 0.00440. The lowest BCUT2D eigenvalue weighted by molar-refractivity contribution is -0.132. The lowest BCUT2D eigenvalue weighted by atomic mass is 10.2. The molecule has 5 nitrogen and oxygen atoms in total. The van der Waals surface area contributed by atoms with Gasteiger partial charge in [0.2, 0.25) is 11.8 Å². The molecule has 126 valence electrons. The van der Waals surface area contributed by atoms with Gasteiger partial charge in [-0.05, 0) is 17.7 Å². The Kier molecular flexibility index (Phi) is 7.20. The van der Waals surface area contributed by atoms with Crippen molar-refractivity contribution in [1.29, 1.82) is 0 Å². The maximum absolute atomic E-state index is 12.1. The average molecular weight is 357 g/mol. The van der Waals surface area contributed by atoms with Gasteiger partial charge in [-0.1, -0.05) is 23.7 Å². The van der Waals surface area contributed by atoms with E-state index in [1.165, 1.54) is 11.8 Å². The Labute approximate surface area is 145 Å². The summed E-state index contributed by atoms with van der Waals surface area (Å²) in [5.41, 5.74) is 0.989. The van der Waals surface area contributed by atoms with E-state index in [2.05, 4.69) is 0 Å². The number of nitrogens with zero attached hydrogens (tertiary/aromatic N) is 2. The SMILES string of the molecule is CN(Cc1cccc(Cl)c1)C(=O)CSCC(=O)N1CCOCC1. The number of carbonyl (C=O) groups is 2. The van der Waals surface area contributed by atoms with Crippen LogP contribution in [0.2, 0.25) is 5.02 Å². The highest BCUT2D eigenvalue weighted by molar-refractivity contribution is 8.00. The van der Waals surface area contributed by atoms with Gasteiger partial charge in [0.15, 0.2) is 0 Å². The summed E-state index contributed by atoms with van der Waals surface area (Å²) in [6.07, 6.45) is 0. The van der Waals surface area contributed by atoms with E-state index in [1.54, 1.807) is 22.9 Å². The quantitative estimate of drug-likeness (QED) is 0.781. The zero-order chi connectivity index (χ0) is 16.7. The average Bonchev–Trinajstić information content (AvgIpc) is 2.55. The monoisotopic (exact) mass is 356 g/mol. The third-order valence-corrected chi connectivity index (χ3v) is 4.69. The van der Waals surface area contributed by atoms with Crippen molar-refractivity contribution in [3.05, 3.63) is 34.9 Å². The summed E-state index contributed by atoms with van der Waals surface area (Å²) in [7, 11) is 1.76. The summed E-state index contributed by atoms with van der Waals surface area (Å²) < 4.78 is 5.22. The first-order chi connectivity index (χ1) is 11.1. The van der Waals surface area contributed by atoms with Gasteiger partial charge in [0.1, 0.15) is 0 Å². The highest BCUT2D eigenvalue weighted by atomic mass is 35.5. The first-order valence-corrected chi connectivity index (χ1v) is 9.01. The number of hydrogen-bond donors (Lipinski definition) is 0. The minimum absolute atomic E-state index is 0.00440. The predicted molar refractivity (Wildman–Crippen MR) is 92.7 cm³/mol. The summed E-state index contributed by atoms with van der Waals surface area (Å²) in [4.78, 5) is 27.5. The molecule has 0 aliphatic carbocycles. The molecule has 1 aromatic carbocycles. The zero-order valence-electron chi connectivity index (χ0n) is 13.2. The molecule has 0 radical (unpaired) electrons. The molecule has 0 saturated carbocycles. The molecule has 2 rings (SSSR count). The van der Waals surface area contributed by atoms with Crippen LogP contribution in [0.3, 0.4) is 0 Å². The van der Waals surface area contributed by atoms with Gasteiger partial charge >= 0.3 is 0 Å². The zero-order valence-corrected chi connectivity index (χ0v) is 14.7. The number of halogens is 1. The molecule has 2 amide bonds. The van der Waals surface area contributed by atoms with Crippen molar-refractivity contribution < 1.29 is 14.3 Å². The molecule has 1 fully saturated rings. The van der Waals surface area contributed by atoms with Crippen LogP contribution in [0.25, 0.3) is 0 Å². The number of rotatable bonds is 6. The second-order valence-electron chi connectivity index (χ2n) is 5.37. The summed E-state index contributed by atoms with van der Waals surface area (Å²) in [5, 5.41) is 0.661. The number of benzene rings is 1. The fraction of sp³-hybridized carbons (Fsp3) is 0.500. The molecule has 0 unspecified atom stereocenters. The molecule has 1 aliphatic heterocycles. The molecule has 1 heterocycles. The van der Waals surface area contributed by atoms with E-state index in [4.69, 9.17) is 16.3 Å². The van der Waals surface area contributed by atoms with Crippen LogP contribution in [-0.4, -0.2) is 66.5 Å². The van der Waals surface area contributed by atoms with Crippen LogP contribution in [0.15, 0.2) is 24.3 Å². The third-order valence-electron chi connectivity index (χ3n) is 3.55. The van der Waals surface area contributed by atoms with E-state index in [9.17, 15) is 9.59 Å². The van der Waals surface area contributed by atoms with Crippen LogP contribution < -0.4 is 0 Å². The molecule has 0 N–H and O–H groups in total. The van der Waals surface area contributed by atoms with Crippen LogP contribution >= 0.6 is 23.4 Å². The summed E-state index contributed by atoms with van der Waals surface area (Å²) in [6.45, 7) is 2.98. The fourth-order valence-electron chi connectivity index (χ4n) is 2.24. The van der Waals surface area contributed by atoms with Crippen molar-refractivity contribution in [3.63, 3.8) is 0 Å². The van der Waals surface area contributed by atoms with Crippen molar-refractivity contribution >= 4 is 35.2 Å². The lowest BCUT2D eigenvalue weighted by Gasteiger charge is -2.26. The Hall–Kier alpha value is -1.24. The number of hydrogen-bond acceptors (Lipinski definition) is 4. The van der Waals surface area contributed by atoms with E-state index in [0.717, 1.165) is 5.56 Å². The smallest absolute Gasteiger partial charge is 0.232 e. The van der Waals surface area contributed by atoms with E-state index < -0.39 is 0 Å². The molecule has 1 saturated heterocycles. The van der Waals surface area contributed by atoms with Gasteiger partial charge in [0, 0.05) is 31.7 Å². The number of thioether (sulfide) groups is 1. The number of carbonyl (C=O) groups excluding carboxylic acids is 2. The van der Waals surface area contributed by atoms with Crippen LogP contribution in [0.5, 0.6) is 0 Å². The van der Waals surface area contributed by atoms with Crippen LogP contribution in [0.4, 0.5) is 0 Å². The van der Waals surface area contributed by atoms with Gasteiger partial charge in [0.25, 0.3) is 0 Å². The van der Waals surface area contributed by atoms with Crippen LogP contribution in [-0.2, 0) is 20.9 Å². The van der Waals surface area contributed by atoms with Crippen LogP contribution in [0, 0.1) is 0 Å². The standard InChI is InChI=1S/C16H21ClN2O3S/c1-18(10-13-3-2-4-14(17)9-13)15(20)11-23-12-16(21)19-5-7-22-8-6-19/h2-4,9H,5-8,10-12H2,1H3. The third kappa shape index (κ3) is 6.05. The number of ether oxygens (including phenoxy) is 1. The predicted octanol–water partition coefficient (Wildman–Crippen LogP) is 1.89. The van der Waals surface area contributed by atoms with Crippen molar-refractivity contribution in [2.24, 2.45) is 0 Å². The maximum Gasteiger partial charge on any atom is 0.232 e. The molecule has 23 heavy (non-hydrogen) atoms. The van der Waals surface area contributed by atoms with Crippen molar-refractivity contribution in [1.82, 2.24) is 9.80 Å². The van der Waals surface area contributed by atoms with Crippen LogP contribution in [0.1, 0.15) is 5.56 Å². The molecule has 1 aromatic rings. The van der Waals surface area contributed by atoms with Gasteiger partial charge in [-0.3, -0.25) is 9.59 Å². The largest absolute Gasteiger partial charge is 0.378 e. The Morgan fingerprint density at radius 2 is 2.04 bits per heavy atom. The highest BCUT2D eigenvalue weighted by Gasteiger charge is 2.17. The molecule has 0 aromatic heterocycles. The van der Waals surface area contributed by atoms with Crippen molar-refractivity contribution in [2.75, 3.05) is 44.9 Å². The molecular weight excluding hydrogens is 336 g/mol. The topological polar surface area (TPSA) is 49.9 Å². The van der Waals surface area contributed by atoms with E-state index in [1.807, 2.05) is 18.2 Å². The summed E-state index contributed by atoms with van der Waals surface area (Å²) in [6, 6.07) is 7.46. The highest BCUT2D eigenvalue weighted by Crippen LogP contribution is 2.13. The molecule has 7 heteroatoms. The maximum atomic E-state index is 12.1. The molecule has 0 atom stereocenters. The molecule has 0 spiro atoms. The van der Waals surface area contributed by atoms with E-state index in [0.29, 0.717) is 49.4 Å². The van der Waals surface area contributed by atoms with Gasteiger partial charge in [-0.15, -0.1) is 11.8 Å². The first-order valence-electron chi connectivity index (χ1n) is 7.48. The van der Waals surface area contributed by atoms with Gasteiger partial charge in [-0.2, -0.15) is 0 Å². The minimum Gasteiger partial charge on any atom is -0.378 e. The van der Waals surface area contributed by atoms with Crippen molar-refractivity contribution in [2.45, 2.75) is 6.54 Å². The Bertz CT molecular complexity index is 550. The van der Waals surface area contributed by atoms with Gasteiger partial charge in [-0.25, -0.2) is 0 Å². The Balaban J connectivity index is 1.70. The van der Waals surface area contributed by atoms with Crippen molar-refractivity contribution in [3.8, 4) is 0 Å². The Morgan fingerprint density at radius 3 is 2.74 bits per heavy atom. The molecule has 0 bridgehead atoms. The van der Waals surface area contributed by atoms with E-state index in [-0.39, 0.29) is 11.8 Å².